The maximum absolute atomic E-state index is 12.4. The second kappa shape index (κ2) is 7.71. The standard InChI is InChI=1S/C16H24N4O3/c1-6-23-15(22)14-11(2)8-19-20(14)10-13(21)12(7-17)9-18-16(3,4)5/h7-9H,6,10,17H2,1-5H3. The number of rotatable bonds is 6. The first-order chi connectivity index (χ1) is 10.7. The van der Waals surface area contributed by atoms with E-state index in [-0.39, 0.29) is 35.7 Å². The molecule has 0 fully saturated rings. The highest BCUT2D eigenvalue weighted by Crippen LogP contribution is 2.11. The molecule has 0 bridgehead atoms. The van der Waals surface area contributed by atoms with E-state index in [4.69, 9.17) is 10.5 Å². The first-order valence-electron chi connectivity index (χ1n) is 7.39. The van der Waals surface area contributed by atoms with Gasteiger partial charge in [0.25, 0.3) is 0 Å². The Kier molecular flexibility index (Phi) is 6.24. The lowest BCUT2D eigenvalue weighted by Crippen LogP contribution is -2.21. The Labute approximate surface area is 136 Å². The van der Waals surface area contributed by atoms with E-state index in [0.29, 0.717) is 5.56 Å². The third kappa shape index (κ3) is 5.36. The predicted molar refractivity (Wildman–Crippen MR) is 88.4 cm³/mol. The van der Waals surface area contributed by atoms with Crippen LogP contribution in [0.15, 0.2) is 23.0 Å². The number of esters is 1. The van der Waals surface area contributed by atoms with Crippen LogP contribution in [0.5, 0.6) is 0 Å². The number of hydrogen-bond acceptors (Lipinski definition) is 6. The Bertz CT molecular complexity index is 636. The van der Waals surface area contributed by atoms with Gasteiger partial charge < -0.3 is 10.5 Å². The first-order valence-corrected chi connectivity index (χ1v) is 7.39. The van der Waals surface area contributed by atoms with Gasteiger partial charge in [0.05, 0.1) is 23.9 Å². The molecule has 1 heterocycles. The summed E-state index contributed by atoms with van der Waals surface area (Å²) in [6.45, 7) is 9.34. The smallest absolute Gasteiger partial charge is 0.356 e. The molecule has 0 saturated carbocycles. The van der Waals surface area contributed by atoms with Crippen LogP contribution in [-0.2, 0) is 16.1 Å². The Morgan fingerprint density at radius 2 is 2.09 bits per heavy atom. The number of aryl methyl sites for hydroxylation is 1. The van der Waals surface area contributed by atoms with Gasteiger partial charge in [-0.25, -0.2) is 4.79 Å². The number of aromatic nitrogens is 2. The van der Waals surface area contributed by atoms with Crippen LogP contribution in [0.3, 0.4) is 0 Å². The Morgan fingerprint density at radius 3 is 2.61 bits per heavy atom. The van der Waals surface area contributed by atoms with Gasteiger partial charge in [0.15, 0.2) is 5.78 Å². The third-order valence-electron chi connectivity index (χ3n) is 2.88. The molecule has 0 amide bonds. The monoisotopic (exact) mass is 320 g/mol. The minimum atomic E-state index is -0.503. The van der Waals surface area contributed by atoms with E-state index < -0.39 is 5.97 Å². The SMILES string of the molecule is CCOC(=O)c1c(C)cnn1CC(=O)C(C=NC(C)(C)C)=CN. The minimum Gasteiger partial charge on any atom is -0.461 e. The van der Waals surface area contributed by atoms with Gasteiger partial charge in [-0.1, -0.05) is 0 Å². The maximum Gasteiger partial charge on any atom is 0.356 e. The van der Waals surface area contributed by atoms with Crippen molar-refractivity contribution in [3.63, 3.8) is 0 Å². The number of Topliss-reactive ketones (excluding diaryl/α,β-unsaturated/α-hetero) is 1. The number of hydrogen-bond donors (Lipinski definition) is 1. The fourth-order valence-corrected chi connectivity index (χ4v) is 1.76. The largest absolute Gasteiger partial charge is 0.461 e. The van der Waals surface area contributed by atoms with E-state index in [9.17, 15) is 9.59 Å². The van der Waals surface area contributed by atoms with Gasteiger partial charge in [-0.15, -0.1) is 0 Å². The minimum absolute atomic E-state index is 0.110. The molecule has 0 aliphatic carbocycles. The van der Waals surface area contributed by atoms with Crippen molar-refractivity contribution >= 4 is 18.0 Å². The van der Waals surface area contributed by atoms with Crippen molar-refractivity contribution in [2.75, 3.05) is 6.61 Å². The van der Waals surface area contributed by atoms with Crippen LogP contribution >= 0.6 is 0 Å². The number of carbonyl (C=O) groups is 2. The Balaban J connectivity index is 2.97. The van der Waals surface area contributed by atoms with Gasteiger partial charge in [0.1, 0.15) is 12.2 Å². The molecular formula is C16H24N4O3. The van der Waals surface area contributed by atoms with E-state index in [1.807, 2.05) is 20.8 Å². The summed E-state index contributed by atoms with van der Waals surface area (Å²) in [6.07, 6.45) is 4.18. The Hall–Kier alpha value is -2.44. The number of carbonyl (C=O) groups excluding carboxylic acids is 2. The van der Waals surface area contributed by atoms with E-state index in [1.165, 1.54) is 23.3 Å². The summed E-state index contributed by atoms with van der Waals surface area (Å²) in [5.41, 5.74) is 6.38. The molecule has 23 heavy (non-hydrogen) atoms. The molecule has 126 valence electrons. The van der Waals surface area contributed by atoms with Crippen LogP contribution in [0.2, 0.25) is 0 Å². The lowest BCUT2D eigenvalue weighted by molar-refractivity contribution is -0.115. The topological polar surface area (TPSA) is 99.6 Å². The predicted octanol–water partition coefficient (Wildman–Crippen LogP) is 1.65. The molecule has 0 unspecified atom stereocenters. The molecule has 0 atom stereocenters. The molecular weight excluding hydrogens is 296 g/mol. The molecule has 0 aromatic carbocycles. The zero-order chi connectivity index (χ0) is 17.6. The number of ether oxygens (including phenoxy) is 1. The van der Waals surface area contributed by atoms with Crippen LogP contribution in [0, 0.1) is 6.92 Å². The van der Waals surface area contributed by atoms with Crippen molar-refractivity contribution in [1.82, 2.24) is 9.78 Å². The van der Waals surface area contributed by atoms with E-state index >= 15 is 0 Å². The normalized spacial score (nSPS) is 12.7. The van der Waals surface area contributed by atoms with Crippen LogP contribution in [-0.4, -0.2) is 39.9 Å². The lowest BCUT2D eigenvalue weighted by atomic mass is 10.1. The average molecular weight is 320 g/mol. The van der Waals surface area contributed by atoms with Crippen molar-refractivity contribution in [3.8, 4) is 0 Å². The maximum atomic E-state index is 12.4. The summed E-state index contributed by atoms with van der Waals surface area (Å²) in [7, 11) is 0. The number of allylic oxidation sites excluding steroid dienone is 1. The van der Waals surface area contributed by atoms with Crippen molar-refractivity contribution in [1.29, 1.82) is 0 Å². The zero-order valence-corrected chi connectivity index (χ0v) is 14.3. The molecule has 0 saturated heterocycles. The fraction of sp³-hybridized carbons (Fsp3) is 0.500. The molecule has 0 aliphatic rings. The van der Waals surface area contributed by atoms with E-state index in [0.717, 1.165) is 0 Å². The Morgan fingerprint density at radius 1 is 1.43 bits per heavy atom. The second-order valence-electron chi connectivity index (χ2n) is 6.03. The summed E-state index contributed by atoms with van der Waals surface area (Å²) in [6, 6.07) is 0. The van der Waals surface area contributed by atoms with Crippen LogP contribution in [0.25, 0.3) is 0 Å². The van der Waals surface area contributed by atoms with Gasteiger partial charge >= 0.3 is 5.97 Å². The quantitative estimate of drug-likeness (QED) is 0.488. The molecule has 1 rings (SSSR count). The third-order valence-corrected chi connectivity index (χ3v) is 2.88. The molecule has 0 radical (unpaired) electrons. The molecule has 0 aliphatic heterocycles. The zero-order valence-electron chi connectivity index (χ0n) is 14.3. The highest BCUT2D eigenvalue weighted by atomic mass is 16.5. The molecule has 0 spiro atoms. The highest BCUT2D eigenvalue weighted by molar-refractivity contribution is 6.13. The highest BCUT2D eigenvalue weighted by Gasteiger charge is 2.20. The second-order valence-corrected chi connectivity index (χ2v) is 6.03. The van der Waals surface area contributed by atoms with Crippen molar-refractivity contribution in [2.45, 2.75) is 46.7 Å². The molecule has 1 aromatic rings. The van der Waals surface area contributed by atoms with Crippen LogP contribution in [0.4, 0.5) is 0 Å². The summed E-state index contributed by atoms with van der Waals surface area (Å²) in [5.74, 6) is -0.786. The van der Waals surface area contributed by atoms with Crippen molar-refractivity contribution in [3.05, 3.63) is 29.2 Å². The van der Waals surface area contributed by atoms with Gasteiger partial charge in [0, 0.05) is 18.0 Å². The van der Waals surface area contributed by atoms with Crippen LogP contribution < -0.4 is 5.73 Å². The van der Waals surface area contributed by atoms with Gasteiger partial charge in [-0.3, -0.25) is 14.5 Å². The average Bonchev–Trinajstić information content (AvgIpc) is 2.79. The van der Waals surface area contributed by atoms with Gasteiger partial charge in [-0.05, 0) is 34.6 Å². The molecule has 7 nitrogen and oxygen atoms in total. The van der Waals surface area contributed by atoms with Crippen molar-refractivity contribution < 1.29 is 14.3 Å². The summed E-state index contributed by atoms with van der Waals surface area (Å²) in [5, 5.41) is 4.07. The van der Waals surface area contributed by atoms with Crippen LogP contribution in [0.1, 0.15) is 43.7 Å². The summed E-state index contributed by atoms with van der Waals surface area (Å²) < 4.78 is 6.32. The van der Waals surface area contributed by atoms with Gasteiger partial charge in [-0.2, -0.15) is 5.10 Å². The summed E-state index contributed by atoms with van der Waals surface area (Å²) in [4.78, 5) is 28.6. The molecule has 7 heteroatoms. The lowest BCUT2D eigenvalue weighted by Gasteiger charge is -2.12. The molecule has 2 N–H and O–H groups in total. The number of nitrogens with two attached hydrogens (primary N) is 1. The summed E-state index contributed by atoms with van der Waals surface area (Å²) >= 11 is 0. The van der Waals surface area contributed by atoms with E-state index in [2.05, 4.69) is 10.1 Å². The number of ketones is 1. The molecule has 1 aromatic heterocycles. The van der Waals surface area contributed by atoms with Gasteiger partial charge in [0.2, 0.25) is 0 Å². The number of nitrogens with zero attached hydrogens (tertiary/aromatic N) is 3. The first kappa shape index (κ1) is 18.6. The van der Waals surface area contributed by atoms with Crippen molar-refractivity contribution in [2.24, 2.45) is 10.7 Å². The van der Waals surface area contributed by atoms with E-state index in [1.54, 1.807) is 13.8 Å². The number of aliphatic imine (C=N–C) groups is 1. The fourth-order valence-electron chi connectivity index (χ4n) is 1.76.